The molecule has 1 aromatic heterocycles. The molecule has 3 nitrogen and oxygen atoms in total. The van der Waals surface area contributed by atoms with E-state index in [9.17, 15) is 4.79 Å². The molecule has 3 heteroatoms. The first kappa shape index (κ1) is 10.4. The first-order valence-corrected chi connectivity index (χ1v) is 6.03. The Morgan fingerprint density at radius 1 is 1.41 bits per heavy atom. The van der Waals surface area contributed by atoms with Gasteiger partial charge in [-0.3, -0.25) is 4.79 Å². The Bertz CT molecular complexity index is 594. The molecule has 1 aromatic carbocycles. The van der Waals surface area contributed by atoms with Crippen LogP contribution in [0.25, 0.3) is 10.9 Å². The average molecular weight is 228 g/mol. The molecule has 0 unspecified atom stereocenters. The van der Waals surface area contributed by atoms with E-state index in [0.717, 1.165) is 29.4 Å². The number of hydrogen-bond acceptors (Lipinski definition) is 1. The fourth-order valence-electron chi connectivity index (χ4n) is 2.21. The second-order valence-electron chi connectivity index (χ2n) is 4.84. The number of aromatic nitrogens is 1. The Hall–Kier alpha value is -1.77. The highest BCUT2D eigenvalue weighted by Gasteiger charge is 2.25. The molecule has 0 radical (unpaired) electrons. The quantitative estimate of drug-likeness (QED) is 0.841. The zero-order valence-corrected chi connectivity index (χ0v) is 10.2. The molecule has 1 N–H and O–H groups in total. The Balaban J connectivity index is 2.07. The van der Waals surface area contributed by atoms with Gasteiger partial charge in [0.1, 0.15) is 5.69 Å². The molecule has 88 valence electrons. The predicted octanol–water partition coefficient (Wildman–Crippen LogP) is 2.38. The molecule has 0 bridgehead atoms. The molecule has 17 heavy (non-hydrogen) atoms. The first-order valence-electron chi connectivity index (χ1n) is 6.03. The summed E-state index contributed by atoms with van der Waals surface area (Å²) in [4.78, 5) is 12.1. The van der Waals surface area contributed by atoms with Gasteiger partial charge in [0.05, 0.1) is 0 Å². The van der Waals surface area contributed by atoms with Gasteiger partial charge in [0.25, 0.3) is 5.91 Å². The standard InChI is InChI=1S/C14H16N2O/c1-9-4-3-5-12-11(9)8-13(16(12)2)14(17)15-10-6-7-10/h3-5,8,10H,6-7H2,1-2H3,(H,15,17). The topological polar surface area (TPSA) is 34.0 Å². The highest BCUT2D eigenvalue weighted by molar-refractivity contribution is 5.99. The Morgan fingerprint density at radius 3 is 2.82 bits per heavy atom. The lowest BCUT2D eigenvalue weighted by molar-refractivity contribution is 0.0943. The van der Waals surface area contributed by atoms with Crippen molar-refractivity contribution in [3.63, 3.8) is 0 Å². The van der Waals surface area contributed by atoms with Crippen LogP contribution in [0.1, 0.15) is 28.9 Å². The molecule has 1 saturated carbocycles. The summed E-state index contributed by atoms with van der Waals surface area (Å²) in [6.07, 6.45) is 2.24. The summed E-state index contributed by atoms with van der Waals surface area (Å²) < 4.78 is 1.97. The fraction of sp³-hybridized carbons (Fsp3) is 0.357. The van der Waals surface area contributed by atoms with Crippen LogP contribution in [-0.4, -0.2) is 16.5 Å². The molecule has 1 amide bonds. The number of carbonyl (C=O) groups excluding carboxylic acids is 1. The summed E-state index contributed by atoms with van der Waals surface area (Å²) in [6, 6.07) is 8.55. The third kappa shape index (κ3) is 1.71. The minimum absolute atomic E-state index is 0.0469. The molecule has 1 aliphatic carbocycles. The minimum Gasteiger partial charge on any atom is -0.348 e. The zero-order valence-electron chi connectivity index (χ0n) is 10.2. The number of fused-ring (bicyclic) bond motifs is 1. The summed E-state index contributed by atoms with van der Waals surface area (Å²) in [5.41, 5.74) is 3.08. The molecule has 3 rings (SSSR count). The predicted molar refractivity (Wildman–Crippen MR) is 68.1 cm³/mol. The SMILES string of the molecule is Cc1cccc2c1cc(C(=O)NC1CC1)n2C. The van der Waals surface area contributed by atoms with E-state index in [1.165, 1.54) is 5.56 Å². The van der Waals surface area contributed by atoms with E-state index in [0.29, 0.717) is 6.04 Å². The van der Waals surface area contributed by atoms with Crippen molar-refractivity contribution >= 4 is 16.8 Å². The smallest absolute Gasteiger partial charge is 0.268 e. The van der Waals surface area contributed by atoms with Crippen molar-refractivity contribution in [3.8, 4) is 0 Å². The van der Waals surface area contributed by atoms with Crippen LogP contribution in [-0.2, 0) is 7.05 Å². The lowest BCUT2D eigenvalue weighted by atomic mass is 10.1. The van der Waals surface area contributed by atoms with Gasteiger partial charge in [-0.2, -0.15) is 0 Å². The van der Waals surface area contributed by atoms with Crippen LogP contribution in [0.2, 0.25) is 0 Å². The number of carbonyl (C=O) groups is 1. The lowest BCUT2D eigenvalue weighted by Gasteiger charge is -2.04. The minimum atomic E-state index is 0.0469. The highest BCUT2D eigenvalue weighted by Crippen LogP contribution is 2.24. The zero-order chi connectivity index (χ0) is 12.0. The number of rotatable bonds is 2. The van der Waals surface area contributed by atoms with Crippen LogP contribution in [0.15, 0.2) is 24.3 Å². The normalized spacial score (nSPS) is 15.2. The third-order valence-corrected chi connectivity index (χ3v) is 3.45. The molecule has 0 saturated heterocycles. The van der Waals surface area contributed by atoms with Crippen LogP contribution in [0.5, 0.6) is 0 Å². The van der Waals surface area contributed by atoms with Crippen molar-refractivity contribution in [1.82, 2.24) is 9.88 Å². The molecular formula is C14H16N2O. The van der Waals surface area contributed by atoms with E-state index in [-0.39, 0.29) is 5.91 Å². The van der Waals surface area contributed by atoms with Gasteiger partial charge in [-0.1, -0.05) is 12.1 Å². The van der Waals surface area contributed by atoms with Gasteiger partial charge in [-0.15, -0.1) is 0 Å². The Morgan fingerprint density at radius 2 is 2.18 bits per heavy atom. The van der Waals surface area contributed by atoms with Gasteiger partial charge in [0, 0.05) is 24.0 Å². The van der Waals surface area contributed by atoms with Crippen LogP contribution < -0.4 is 5.32 Å². The van der Waals surface area contributed by atoms with Gasteiger partial charge >= 0.3 is 0 Å². The van der Waals surface area contributed by atoms with Gasteiger partial charge in [0.15, 0.2) is 0 Å². The van der Waals surface area contributed by atoms with Crippen molar-refractivity contribution in [2.24, 2.45) is 7.05 Å². The van der Waals surface area contributed by atoms with Gasteiger partial charge < -0.3 is 9.88 Å². The van der Waals surface area contributed by atoms with Crippen molar-refractivity contribution in [1.29, 1.82) is 0 Å². The molecule has 1 aliphatic rings. The monoisotopic (exact) mass is 228 g/mol. The van der Waals surface area contributed by atoms with Crippen LogP contribution in [0, 0.1) is 6.92 Å². The summed E-state index contributed by atoms with van der Waals surface area (Å²) in [5.74, 6) is 0.0469. The summed E-state index contributed by atoms with van der Waals surface area (Å²) in [6.45, 7) is 2.07. The molecule has 0 spiro atoms. The van der Waals surface area contributed by atoms with Crippen molar-refractivity contribution in [2.75, 3.05) is 0 Å². The fourth-order valence-corrected chi connectivity index (χ4v) is 2.21. The maximum Gasteiger partial charge on any atom is 0.268 e. The second-order valence-corrected chi connectivity index (χ2v) is 4.84. The van der Waals surface area contributed by atoms with Gasteiger partial charge in [-0.25, -0.2) is 0 Å². The van der Waals surface area contributed by atoms with E-state index in [2.05, 4.69) is 24.4 Å². The number of hydrogen-bond donors (Lipinski definition) is 1. The molecule has 1 fully saturated rings. The van der Waals surface area contributed by atoms with Crippen LogP contribution in [0.3, 0.4) is 0 Å². The van der Waals surface area contributed by atoms with Crippen LogP contribution >= 0.6 is 0 Å². The maximum absolute atomic E-state index is 12.1. The largest absolute Gasteiger partial charge is 0.348 e. The summed E-state index contributed by atoms with van der Waals surface area (Å²) in [5, 5.41) is 4.19. The number of amides is 1. The Labute approximate surface area is 100 Å². The summed E-state index contributed by atoms with van der Waals surface area (Å²) >= 11 is 0. The van der Waals surface area contributed by atoms with Crippen LogP contribution in [0.4, 0.5) is 0 Å². The third-order valence-electron chi connectivity index (χ3n) is 3.45. The number of nitrogens with one attached hydrogen (secondary N) is 1. The first-order chi connectivity index (χ1) is 8.16. The number of benzene rings is 1. The maximum atomic E-state index is 12.1. The molecule has 1 heterocycles. The average Bonchev–Trinajstić information content (AvgIpc) is 3.04. The number of nitrogens with zero attached hydrogens (tertiary/aromatic N) is 1. The highest BCUT2D eigenvalue weighted by atomic mass is 16.2. The van der Waals surface area contributed by atoms with E-state index in [1.807, 2.05) is 23.7 Å². The Kier molecular flexibility index (Phi) is 2.21. The summed E-state index contributed by atoms with van der Waals surface area (Å²) in [7, 11) is 1.95. The van der Waals surface area contributed by atoms with Crippen molar-refractivity contribution in [3.05, 3.63) is 35.5 Å². The number of aryl methyl sites for hydroxylation is 2. The van der Waals surface area contributed by atoms with Crippen molar-refractivity contribution < 1.29 is 4.79 Å². The van der Waals surface area contributed by atoms with E-state index >= 15 is 0 Å². The lowest BCUT2D eigenvalue weighted by Crippen LogP contribution is -2.27. The van der Waals surface area contributed by atoms with E-state index in [1.54, 1.807) is 0 Å². The molecule has 2 aromatic rings. The molecular weight excluding hydrogens is 212 g/mol. The second kappa shape index (κ2) is 3.62. The van der Waals surface area contributed by atoms with E-state index in [4.69, 9.17) is 0 Å². The molecule has 0 aliphatic heterocycles. The van der Waals surface area contributed by atoms with Gasteiger partial charge in [0.2, 0.25) is 0 Å². The van der Waals surface area contributed by atoms with Crippen molar-refractivity contribution in [2.45, 2.75) is 25.8 Å². The molecule has 0 atom stereocenters. The van der Waals surface area contributed by atoms with E-state index < -0.39 is 0 Å². The van der Waals surface area contributed by atoms with Gasteiger partial charge in [-0.05, 0) is 37.5 Å².